The minimum Gasteiger partial charge on any atom is -0.497 e. The van der Waals surface area contributed by atoms with Gasteiger partial charge in [0.2, 0.25) is 5.91 Å². The Bertz CT molecular complexity index is 1060. The summed E-state index contributed by atoms with van der Waals surface area (Å²) in [5.74, 6) is 0.908. The molecular weight excluding hydrogens is 410 g/mol. The van der Waals surface area contributed by atoms with Crippen molar-refractivity contribution < 1.29 is 9.53 Å². The summed E-state index contributed by atoms with van der Waals surface area (Å²) in [5, 5.41) is 3.20. The third-order valence-corrected chi connectivity index (χ3v) is 6.39. The number of ether oxygens (including phenoxy) is 1. The Balaban J connectivity index is 1.45. The van der Waals surface area contributed by atoms with Crippen LogP contribution in [0.5, 0.6) is 5.75 Å². The average molecular weight is 444 g/mol. The number of anilines is 2. The fourth-order valence-electron chi connectivity index (χ4n) is 4.44. The molecule has 0 fully saturated rings. The number of methoxy groups -OCH3 is 1. The first kappa shape index (κ1) is 22.7. The molecule has 0 saturated heterocycles. The second kappa shape index (κ2) is 10.4. The van der Waals surface area contributed by atoms with Crippen LogP contribution >= 0.6 is 0 Å². The van der Waals surface area contributed by atoms with Gasteiger partial charge in [0.1, 0.15) is 5.75 Å². The number of carbonyl (C=O) groups is 1. The van der Waals surface area contributed by atoms with Gasteiger partial charge in [0.15, 0.2) is 0 Å². The molecule has 172 valence electrons. The predicted octanol–water partition coefficient (Wildman–Crippen LogP) is 4.61. The molecule has 0 bridgehead atoms. The lowest BCUT2D eigenvalue weighted by Crippen LogP contribution is -2.37. The van der Waals surface area contributed by atoms with E-state index in [1.165, 1.54) is 22.5 Å². The molecule has 0 unspecified atom stereocenters. The number of rotatable bonds is 9. The van der Waals surface area contributed by atoms with Gasteiger partial charge in [-0.05, 0) is 59.9 Å². The molecule has 0 spiro atoms. The van der Waals surface area contributed by atoms with E-state index in [0.717, 1.165) is 24.3 Å². The summed E-state index contributed by atoms with van der Waals surface area (Å²) in [7, 11) is 5.75. The van der Waals surface area contributed by atoms with Gasteiger partial charge in [-0.2, -0.15) is 0 Å². The molecule has 1 atom stereocenters. The Morgan fingerprint density at radius 1 is 1.03 bits per heavy atom. The Kier molecular flexibility index (Phi) is 7.18. The number of nitrogens with one attached hydrogen (secondary N) is 1. The van der Waals surface area contributed by atoms with E-state index in [1.54, 1.807) is 7.11 Å². The molecule has 0 aliphatic carbocycles. The van der Waals surface area contributed by atoms with Crippen LogP contribution in [0.2, 0.25) is 0 Å². The fraction of sp³-hybridized carbons (Fsp3) is 0.321. The molecule has 3 aromatic carbocycles. The quantitative estimate of drug-likeness (QED) is 0.524. The van der Waals surface area contributed by atoms with E-state index in [4.69, 9.17) is 4.74 Å². The number of carbonyl (C=O) groups excluding carboxylic acids is 1. The summed E-state index contributed by atoms with van der Waals surface area (Å²) in [6.45, 7) is 1.54. The number of benzene rings is 3. The molecule has 4 rings (SSSR count). The SMILES string of the molecule is COc1ccc(CCC(=O)NC[C@H](c2ccc(N(C)C)cc2)N2CCc3ccccc32)cc1. The van der Waals surface area contributed by atoms with Crippen LogP contribution in [0.25, 0.3) is 0 Å². The van der Waals surface area contributed by atoms with Crippen LogP contribution in [0.4, 0.5) is 11.4 Å². The highest BCUT2D eigenvalue weighted by Gasteiger charge is 2.27. The maximum absolute atomic E-state index is 12.7. The molecule has 0 aromatic heterocycles. The molecule has 5 nitrogen and oxygen atoms in total. The number of fused-ring (bicyclic) bond motifs is 1. The lowest BCUT2D eigenvalue weighted by molar-refractivity contribution is -0.121. The summed E-state index contributed by atoms with van der Waals surface area (Å²) in [5.41, 5.74) is 6.16. The Hall–Kier alpha value is -3.47. The van der Waals surface area contributed by atoms with Crippen molar-refractivity contribution in [1.29, 1.82) is 0 Å². The lowest BCUT2D eigenvalue weighted by Gasteiger charge is -2.31. The molecule has 0 saturated carbocycles. The van der Waals surface area contributed by atoms with Crippen molar-refractivity contribution in [2.75, 3.05) is 44.1 Å². The second-order valence-electron chi connectivity index (χ2n) is 8.73. The van der Waals surface area contributed by atoms with Crippen molar-refractivity contribution >= 4 is 17.3 Å². The maximum Gasteiger partial charge on any atom is 0.220 e. The van der Waals surface area contributed by atoms with Crippen LogP contribution in [0.1, 0.15) is 29.2 Å². The van der Waals surface area contributed by atoms with Gasteiger partial charge in [-0.25, -0.2) is 0 Å². The first-order valence-electron chi connectivity index (χ1n) is 11.6. The Labute approximate surface area is 197 Å². The van der Waals surface area contributed by atoms with Crippen molar-refractivity contribution in [2.45, 2.75) is 25.3 Å². The van der Waals surface area contributed by atoms with Gasteiger partial charge in [0.05, 0.1) is 13.2 Å². The largest absolute Gasteiger partial charge is 0.497 e. The van der Waals surface area contributed by atoms with Crippen molar-refractivity contribution in [2.24, 2.45) is 0 Å². The number of para-hydroxylation sites is 1. The molecule has 5 heteroatoms. The maximum atomic E-state index is 12.7. The number of amides is 1. The third-order valence-electron chi connectivity index (χ3n) is 6.39. The molecule has 1 aliphatic heterocycles. The fourth-order valence-corrected chi connectivity index (χ4v) is 4.44. The summed E-state index contributed by atoms with van der Waals surface area (Å²) < 4.78 is 5.21. The molecule has 1 N–H and O–H groups in total. The van der Waals surface area contributed by atoms with Gasteiger partial charge in [-0.15, -0.1) is 0 Å². The molecule has 0 radical (unpaired) electrons. The zero-order valence-corrected chi connectivity index (χ0v) is 19.8. The van der Waals surface area contributed by atoms with E-state index in [9.17, 15) is 4.79 Å². The van der Waals surface area contributed by atoms with E-state index < -0.39 is 0 Å². The molecular formula is C28H33N3O2. The number of nitrogens with zero attached hydrogens (tertiary/aromatic N) is 2. The highest BCUT2D eigenvalue weighted by atomic mass is 16.5. The van der Waals surface area contributed by atoms with E-state index in [1.807, 2.05) is 38.4 Å². The van der Waals surface area contributed by atoms with Crippen LogP contribution in [-0.2, 0) is 17.6 Å². The predicted molar refractivity (Wildman–Crippen MR) is 135 cm³/mol. The molecule has 3 aromatic rings. The molecule has 1 heterocycles. The van der Waals surface area contributed by atoms with E-state index in [0.29, 0.717) is 19.4 Å². The van der Waals surface area contributed by atoms with Crippen molar-refractivity contribution in [3.63, 3.8) is 0 Å². The van der Waals surface area contributed by atoms with Crippen LogP contribution in [0.15, 0.2) is 72.8 Å². The highest BCUT2D eigenvalue weighted by Crippen LogP contribution is 2.35. The van der Waals surface area contributed by atoms with Gasteiger partial charge >= 0.3 is 0 Å². The van der Waals surface area contributed by atoms with Crippen LogP contribution in [-0.4, -0.2) is 40.2 Å². The van der Waals surface area contributed by atoms with Crippen molar-refractivity contribution in [1.82, 2.24) is 5.32 Å². The van der Waals surface area contributed by atoms with Gasteiger partial charge in [-0.3, -0.25) is 4.79 Å². The Morgan fingerprint density at radius 3 is 2.45 bits per heavy atom. The first-order chi connectivity index (χ1) is 16.0. The highest BCUT2D eigenvalue weighted by molar-refractivity contribution is 5.76. The van der Waals surface area contributed by atoms with Gasteiger partial charge in [0, 0.05) is 45.0 Å². The average Bonchev–Trinajstić information content (AvgIpc) is 3.27. The van der Waals surface area contributed by atoms with Crippen LogP contribution < -0.4 is 19.9 Å². The molecule has 33 heavy (non-hydrogen) atoms. The van der Waals surface area contributed by atoms with E-state index in [-0.39, 0.29) is 11.9 Å². The number of hydrogen-bond acceptors (Lipinski definition) is 4. The van der Waals surface area contributed by atoms with Crippen LogP contribution in [0, 0.1) is 0 Å². The van der Waals surface area contributed by atoms with Crippen molar-refractivity contribution in [3.8, 4) is 5.75 Å². The summed E-state index contributed by atoms with van der Waals surface area (Å²) in [6, 6.07) is 25.3. The lowest BCUT2D eigenvalue weighted by atomic mass is 10.0. The van der Waals surface area contributed by atoms with E-state index >= 15 is 0 Å². The van der Waals surface area contributed by atoms with Gasteiger partial charge in [-0.1, -0.05) is 42.5 Å². The topological polar surface area (TPSA) is 44.8 Å². The smallest absolute Gasteiger partial charge is 0.220 e. The molecule has 1 aliphatic rings. The summed E-state index contributed by atoms with van der Waals surface area (Å²) >= 11 is 0. The van der Waals surface area contributed by atoms with Gasteiger partial charge < -0.3 is 19.9 Å². The normalized spacial score (nSPS) is 13.4. The van der Waals surface area contributed by atoms with Gasteiger partial charge in [0.25, 0.3) is 0 Å². The van der Waals surface area contributed by atoms with Crippen LogP contribution in [0.3, 0.4) is 0 Å². The Morgan fingerprint density at radius 2 is 1.76 bits per heavy atom. The van der Waals surface area contributed by atoms with E-state index in [2.05, 4.69) is 63.6 Å². The molecule has 1 amide bonds. The van der Waals surface area contributed by atoms with Crippen molar-refractivity contribution in [3.05, 3.63) is 89.5 Å². The monoisotopic (exact) mass is 443 g/mol. The second-order valence-corrected chi connectivity index (χ2v) is 8.73. The zero-order chi connectivity index (χ0) is 23.2. The standard InChI is InChI=1S/C28H33N3O2/c1-30(2)24-13-11-23(12-14-24)27(31-19-18-22-6-4-5-7-26(22)31)20-29-28(32)17-10-21-8-15-25(33-3)16-9-21/h4-9,11-16,27H,10,17-20H2,1-3H3,(H,29,32)/t27-/m1/s1. The first-order valence-corrected chi connectivity index (χ1v) is 11.6. The summed E-state index contributed by atoms with van der Waals surface area (Å²) in [6.07, 6.45) is 2.22. The third kappa shape index (κ3) is 5.48. The zero-order valence-electron chi connectivity index (χ0n) is 19.8. The number of aryl methyl sites for hydroxylation is 1. The number of hydrogen-bond donors (Lipinski definition) is 1. The minimum atomic E-state index is 0.0770. The summed E-state index contributed by atoms with van der Waals surface area (Å²) in [4.78, 5) is 17.3. The minimum absolute atomic E-state index is 0.0770.